The minimum Gasteiger partial charge on any atom is -0.486 e. The second-order valence-corrected chi connectivity index (χ2v) is 7.70. The molecule has 6 nitrogen and oxygen atoms in total. The van der Waals surface area contributed by atoms with Crippen LogP contribution < -0.4 is 14.8 Å². The number of ether oxygens (including phenoxy) is 2. The zero-order valence-electron chi connectivity index (χ0n) is 16.6. The summed E-state index contributed by atoms with van der Waals surface area (Å²) < 4.78 is 13.5. The minimum absolute atomic E-state index is 0.116. The molecule has 1 aliphatic rings. The van der Waals surface area contributed by atoms with Crippen LogP contribution in [0.1, 0.15) is 0 Å². The fraction of sp³-hybridized carbons (Fsp3) is 0.167. The second kappa shape index (κ2) is 8.32. The van der Waals surface area contributed by atoms with Crippen molar-refractivity contribution in [2.75, 3.05) is 13.2 Å². The Morgan fingerprint density at radius 2 is 1.77 bits per heavy atom. The van der Waals surface area contributed by atoms with Gasteiger partial charge in [-0.25, -0.2) is 4.98 Å². The molecule has 1 amide bonds. The van der Waals surface area contributed by atoms with Gasteiger partial charge in [-0.3, -0.25) is 4.79 Å². The topological polar surface area (TPSA) is 65.4 Å². The lowest BCUT2D eigenvalue weighted by atomic mass is 10.2. The highest BCUT2D eigenvalue weighted by atomic mass is 35.5. The molecule has 0 bridgehead atoms. The second-order valence-electron chi connectivity index (χ2n) is 7.29. The standard InChI is InChI=1S/C24H20ClN3O3/c25-18-8-2-1-7-17(18)24-27-19-9-3-4-10-20(19)28(24)14-23(29)26-13-16-15-30-21-11-5-6-12-22(21)31-16/h1-12,16H,13-15H2,(H,26,29)/t16-/m1/s1. The number of benzene rings is 3. The van der Waals surface area contributed by atoms with Crippen molar-refractivity contribution >= 4 is 28.5 Å². The highest BCUT2D eigenvalue weighted by Gasteiger charge is 2.22. The van der Waals surface area contributed by atoms with Crippen molar-refractivity contribution in [2.24, 2.45) is 0 Å². The summed E-state index contributed by atoms with van der Waals surface area (Å²) in [5, 5.41) is 3.54. The van der Waals surface area contributed by atoms with Gasteiger partial charge in [0.1, 0.15) is 25.1 Å². The van der Waals surface area contributed by atoms with Crippen molar-refractivity contribution in [3.8, 4) is 22.9 Å². The molecule has 0 radical (unpaired) electrons. The molecule has 156 valence electrons. The molecule has 2 heterocycles. The van der Waals surface area contributed by atoms with Crippen molar-refractivity contribution in [3.63, 3.8) is 0 Å². The number of rotatable bonds is 5. The molecule has 0 saturated carbocycles. The number of carbonyl (C=O) groups excluding carboxylic acids is 1. The monoisotopic (exact) mass is 433 g/mol. The van der Waals surface area contributed by atoms with E-state index in [1.165, 1.54) is 0 Å². The van der Waals surface area contributed by atoms with Gasteiger partial charge < -0.3 is 19.4 Å². The molecule has 0 spiro atoms. The van der Waals surface area contributed by atoms with Gasteiger partial charge in [0, 0.05) is 5.56 Å². The van der Waals surface area contributed by atoms with Crippen LogP contribution in [0, 0.1) is 0 Å². The lowest BCUT2D eigenvalue weighted by Crippen LogP contribution is -2.41. The Morgan fingerprint density at radius 1 is 1.03 bits per heavy atom. The number of imidazole rings is 1. The van der Waals surface area contributed by atoms with Gasteiger partial charge in [0.05, 0.1) is 22.6 Å². The van der Waals surface area contributed by atoms with E-state index in [1.54, 1.807) is 0 Å². The Morgan fingerprint density at radius 3 is 2.65 bits per heavy atom. The van der Waals surface area contributed by atoms with Crippen LogP contribution in [0.2, 0.25) is 5.02 Å². The fourth-order valence-electron chi connectivity index (χ4n) is 3.67. The van der Waals surface area contributed by atoms with E-state index in [1.807, 2.05) is 77.4 Å². The molecule has 31 heavy (non-hydrogen) atoms. The van der Waals surface area contributed by atoms with E-state index in [0.29, 0.717) is 29.7 Å². The molecule has 1 atom stereocenters. The van der Waals surface area contributed by atoms with Crippen molar-refractivity contribution in [2.45, 2.75) is 12.6 Å². The first-order chi connectivity index (χ1) is 15.2. The quantitative estimate of drug-likeness (QED) is 0.509. The summed E-state index contributed by atoms with van der Waals surface area (Å²) >= 11 is 6.41. The molecule has 1 aromatic heterocycles. The first kappa shape index (κ1) is 19.5. The predicted octanol–water partition coefficient (Wildman–Crippen LogP) is 4.31. The van der Waals surface area contributed by atoms with E-state index in [0.717, 1.165) is 22.3 Å². The molecule has 0 saturated heterocycles. The maximum absolute atomic E-state index is 12.8. The number of fused-ring (bicyclic) bond motifs is 2. The molecule has 4 aromatic rings. The van der Waals surface area contributed by atoms with Crippen molar-refractivity contribution in [1.29, 1.82) is 0 Å². The average Bonchev–Trinajstić information content (AvgIpc) is 3.16. The Kier molecular flexibility index (Phi) is 5.22. The van der Waals surface area contributed by atoms with Crippen LogP contribution in [0.15, 0.2) is 72.8 Å². The van der Waals surface area contributed by atoms with Gasteiger partial charge in [-0.15, -0.1) is 0 Å². The molecular formula is C24H20ClN3O3. The SMILES string of the molecule is O=C(Cn1c(-c2ccccc2Cl)nc2ccccc21)NC[C@@H]1COc2ccccc2O1. The number of halogens is 1. The third kappa shape index (κ3) is 3.94. The van der Waals surface area contributed by atoms with E-state index in [-0.39, 0.29) is 18.6 Å². The summed E-state index contributed by atoms with van der Waals surface area (Å²) in [6.45, 7) is 0.850. The number of aromatic nitrogens is 2. The van der Waals surface area contributed by atoms with E-state index >= 15 is 0 Å². The van der Waals surface area contributed by atoms with Gasteiger partial charge in [0.2, 0.25) is 5.91 Å². The van der Waals surface area contributed by atoms with Crippen LogP contribution in [0.25, 0.3) is 22.4 Å². The smallest absolute Gasteiger partial charge is 0.240 e. The van der Waals surface area contributed by atoms with E-state index in [4.69, 9.17) is 26.1 Å². The number of carbonyl (C=O) groups is 1. The van der Waals surface area contributed by atoms with Crippen molar-refractivity contribution < 1.29 is 14.3 Å². The van der Waals surface area contributed by atoms with Crippen LogP contribution in [0.5, 0.6) is 11.5 Å². The maximum Gasteiger partial charge on any atom is 0.240 e. The molecule has 7 heteroatoms. The van der Waals surface area contributed by atoms with Gasteiger partial charge >= 0.3 is 0 Å². The van der Waals surface area contributed by atoms with E-state index in [9.17, 15) is 4.79 Å². The first-order valence-electron chi connectivity index (χ1n) is 10.0. The van der Waals surface area contributed by atoms with Crippen LogP contribution in [0.3, 0.4) is 0 Å². The molecule has 0 aliphatic carbocycles. The summed E-state index contributed by atoms with van der Waals surface area (Å²) in [5.74, 6) is 1.93. The van der Waals surface area contributed by atoms with Gasteiger partial charge in [-0.2, -0.15) is 0 Å². The maximum atomic E-state index is 12.8. The molecule has 5 rings (SSSR count). The largest absolute Gasteiger partial charge is 0.486 e. The summed E-state index contributed by atoms with van der Waals surface area (Å²) in [6, 6.07) is 22.7. The lowest BCUT2D eigenvalue weighted by molar-refractivity contribution is -0.122. The number of hydrogen-bond donors (Lipinski definition) is 1. The zero-order valence-corrected chi connectivity index (χ0v) is 17.4. The molecule has 0 fully saturated rings. The van der Waals surface area contributed by atoms with E-state index in [2.05, 4.69) is 5.32 Å². The summed E-state index contributed by atoms with van der Waals surface area (Å²) in [4.78, 5) is 17.5. The van der Waals surface area contributed by atoms with Crippen LogP contribution >= 0.6 is 11.6 Å². The van der Waals surface area contributed by atoms with Crippen LogP contribution in [0.4, 0.5) is 0 Å². The van der Waals surface area contributed by atoms with Crippen LogP contribution in [-0.2, 0) is 11.3 Å². The van der Waals surface area contributed by atoms with Crippen LogP contribution in [-0.4, -0.2) is 34.7 Å². The Labute approximate surface area is 184 Å². The van der Waals surface area contributed by atoms with Crippen molar-refractivity contribution in [1.82, 2.24) is 14.9 Å². The number of para-hydroxylation sites is 4. The zero-order chi connectivity index (χ0) is 21.2. The lowest BCUT2D eigenvalue weighted by Gasteiger charge is -2.26. The molecular weight excluding hydrogens is 414 g/mol. The van der Waals surface area contributed by atoms with E-state index < -0.39 is 0 Å². The molecule has 1 aliphatic heterocycles. The molecule has 3 aromatic carbocycles. The summed E-state index contributed by atoms with van der Waals surface area (Å²) in [6.07, 6.45) is -0.249. The summed E-state index contributed by atoms with van der Waals surface area (Å²) in [7, 11) is 0. The third-order valence-corrected chi connectivity index (χ3v) is 5.50. The number of nitrogens with zero attached hydrogens (tertiary/aromatic N) is 2. The Balaban J connectivity index is 1.34. The highest BCUT2D eigenvalue weighted by Crippen LogP contribution is 2.31. The molecule has 1 N–H and O–H groups in total. The normalized spacial score (nSPS) is 15.1. The van der Waals surface area contributed by atoms with Gasteiger partial charge in [-0.1, -0.05) is 48.0 Å². The Hall–Kier alpha value is -3.51. The highest BCUT2D eigenvalue weighted by molar-refractivity contribution is 6.33. The Bertz CT molecular complexity index is 1250. The summed E-state index contributed by atoms with van der Waals surface area (Å²) in [5.41, 5.74) is 2.47. The van der Waals surface area contributed by atoms with Crippen molar-refractivity contribution in [3.05, 3.63) is 77.8 Å². The number of nitrogens with one attached hydrogen (secondary N) is 1. The first-order valence-corrected chi connectivity index (χ1v) is 10.4. The number of amides is 1. The van der Waals surface area contributed by atoms with Gasteiger partial charge in [0.25, 0.3) is 0 Å². The predicted molar refractivity (Wildman–Crippen MR) is 120 cm³/mol. The average molecular weight is 434 g/mol. The minimum atomic E-state index is -0.249. The van der Waals surface area contributed by atoms with Gasteiger partial charge in [-0.05, 0) is 36.4 Å². The third-order valence-electron chi connectivity index (χ3n) is 5.17. The van der Waals surface area contributed by atoms with Gasteiger partial charge in [0.15, 0.2) is 11.5 Å². The number of hydrogen-bond acceptors (Lipinski definition) is 4. The fourth-order valence-corrected chi connectivity index (χ4v) is 3.89. The molecule has 0 unspecified atom stereocenters.